The molecular weight excluding hydrogens is 282 g/mol. The van der Waals surface area contributed by atoms with E-state index in [2.05, 4.69) is 0 Å². The molecule has 6 heteroatoms. The summed E-state index contributed by atoms with van der Waals surface area (Å²) in [6.07, 6.45) is -0.115. The molecule has 3 amide bonds. The van der Waals surface area contributed by atoms with Crippen LogP contribution in [0.1, 0.15) is 18.1 Å². The smallest absolute Gasteiger partial charge is 0.320 e. The van der Waals surface area contributed by atoms with Gasteiger partial charge in [-0.15, -0.1) is 0 Å². The molecule has 1 N–H and O–H groups in total. The summed E-state index contributed by atoms with van der Waals surface area (Å²) in [5.74, 6) is -0.107. The highest BCUT2D eigenvalue weighted by atomic mass is 16.3. The van der Waals surface area contributed by atoms with Crippen molar-refractivity contribution in [2.24, 2.45) is 0 Å². The second kappa shape index (κ2) is 7.26. The Kier molecular flexibility index (Phi) is 5.38. The third-order valence-electron chi connectivity index (χ3n) is 3.98. The molecule has 0 saturated carbocycles. The average Bonchev–Trinajstić information content (AvgIpc) is 2.85. The maximum absolute atomic E-state index is 12.1. The number of aliphatic hydroxyl groups excluding tert-OH is 1. The number of hydrogen-bond acceptors (Lipinski definition) is 3. The summed E-state index contributed by atoms with van der Waals surface area (Å²) >= 11 is 0. The number of likely N-dealkylation sites (N-methyl/N-ethyl adjacent to an activating group) is 2. The van der Waals surface area contributed by atoms with Gasteiger partial charge in [0, 0.05) is 33.7 Å². The third kappa shape index (κ3) is 3.98. The molecule has 0 aromatic heterocycles. The lowest BCUT2D eigenvalue weighted by Crippen LogP contribution is -2.40. The van der Waals surface area contributed by atoms with E-state index in [4.69, 9.17) is 0 Å². The van der Waals surface area contributed by atoms with Gasteiger partial charge in [-0.05, 0) is 12.0 Å². The Bertz CT molecular complexity index is 521. The minimum atomic E-state index is -0.587. The van der Waals surface area contributed by atoms with E-state index in [0.717, 1.165) is 5.56 Å². The number of hydrogen-bond donors (Lipinski definition) is 1. The van der Waals surface area contributed by atoms with Crippen molar-refractivity contribution in [1.82, 2.24) is 14.7 Å². The summed E-state index contributed by atoms with van der Waals surface area (Å²) in [4.78, 5) is 28.6. The van der Waals surface area contributed by atoms with Gasteiger partial charge in [0.2, 0.25) is 5.91 Å². The molecule has 1 aromatic carbocycles. The van der Waals surface area contributed by atoms with E-state index in [1.807, 2.05) is 30.3 Å². The Morgan fingerprint density at radius 3 is 2.59 bits per heavy atom. The lowest BCUT2D eigenvalue weighted by atomic mass is 10.1. The molecular formula is C16H23N3O3. The van der Waals surface area contributed by atoms with Crippen LogP contribution in [0.5, 0.6) is 0 Å². The van der Waals surface area contributed by atoms with Gasteiger partial charge in [-0.3, -0.25) is 4.79 Å². The molecule has 22 heavy (non-hydrogen) atoms. The fourth-order valence-electron chi connectivity index (χ4n) is 2.42. The molecule has 0 unspecified atom stereocenters. The summed E-state index contributed by atoms with van der Waals surface area (Å²) in [6.45, 7) is 1.79. The monoisotopic (exact) mass is 305 g/mol. The first-order valence-electron chi connectivity index (χ1n) is 7.46. The number of rotatable bonds is 6. The Morgan fingerprint density at radius 2 is 2.00 bits per heavy atom. The summed E-state index contributed by atoms with van der Waals surface area (Å²) in [5.41, 5.74) is 0.847. The number of amides is 3. The van der Waals surface area contributed by atoms with Crippen LogP contribution in [-0.4, -0.2) is 72.0 Å². The normalized spacial score (nSPS) is 16.0. The van der Waals surface area contributed by atoms with E-state index in [1.54, 1.807) is 28.8 Å². The van der Waals surface area contributed by atoms with E-state index in [0.29, 0.717) is 26.1 Å². The minimum absolute atomic E-state index is 0.0983. The Balaban J connectivity index is 1.78. The lowest BCUT2D eigenvalue weighted by Gasteiger charge is -2.22. The zero-order chi connectivity index (χ0) is 16.1. The summed E-state index contributed by atoms with van der Waals surface area (Å²) < 4.78 is 0. The van der Waals surface area contributed by atoms with Crippen molar-refractivity contribution in [3.63, 3.8) is 0 Å². The summed E-state index contributed by atoms with van der Waals surface area (Å²) in [6, 6.07) is 9.28. The minimum Gasteiger partial charge on any atom is -0.388 e. The van der Waals surface area contributed by atoms with Crippen LogP contribution in [0.15, 0.2) is 30.3 Å². The Labute approximate surface area is 130 Å². The van der Waals surface area contributed by atoms with Gasteiger partial charge in [0.05, 0.1) is 6.10 Å². The van der Waals surface area contributed by atoms with Crippen LogP contribution in [-0.2, 0) is 4.79 Å². The van der Waals surface area contributed by atoms with Crippen molar-refractivity contribution in [3.05, 3.63) is 35.9 Å². The molecule has 1 fully saturated rings. The van der Waals surface area contributed by atoms with Crippen molar-refractivity contribution in [2.75, 3.05) is 40.3 Å². The van der Waals surface area contributed by atoms with Gasteiger partial charge in [0.1, 0.15) is 6.54 Å². The first-order valence-corrected chi connectivity index (χ1v) is 7.46. The van der Waals surface area contributed by atoms with Crippen LogP contribution in [0.25, 0.3) is 0 Å². The average molecular weight is 305 g/mol. The molecule has 1 heterocycles. The second-order valence-corrected chi connectivity index (χ2v) is 5.66. The molecule has 1 aromatic rings. The van der Waals surface area contributed by atoms with Crippen LogP contribution < -0.4 is 0 Å². The zero-order valence-electron chi connectivity index (χ0n) is 13.1. The van der Waals surface area contributed by atoms with Crippen molar-refractivity contribution in [2.45, 2.75) is 12.5 Å². The van der Waals surface area contributed by atoms with Crippen molar-refractivity contribution >= 4 is 11.9 Å². The summed E-state index contributed by atoms with van der Waals surface area (Å²) in [7, 11) is 3.43. The number of aliphatic hydroxyl groups is 1. The fraction of sp³-hybridized carbons (Fsp3) is 0.500. The predicted octanol–water partition coefficient (Wildman–Crippen LogP) is 0.936. The standard InChI is InChI=1S/C16H23N3O3/c1-17(9-8-14(20)13-6-4-3-5-7-13)15(21)12-19-11-10-18(2)16(19)22/h3-7,14,20H,8-12H2,1-2H3/t14-/m1/s1. The van der Waals surface area contributed by atoms with Gasteiger partial charge in [-0.1, -0.05) is 30.3 Å². The van der Waals surface area contributed by atoms with Crippen molar-refractivity contribution in [3.8, 4) is 0 Å². The van der Waals surface area contributed by atoms with Crippen molar-refractivity contribution in [1.29, 1.82) is 0 Å². The predicted molar refractivity (Wildman–Crippen MR) is 83.3 cm³/mol. The number of nitrogens with zero attached hydrogens (tertiary/aromatic N) is 3. The molecule has 1 aliphatic heterocycles. The topological polar surface area (TPSA) is 64.1 Å². The summed E-state index contributed by atoms with van der Waals surface area (Å²) in [5, 5.41) is 10.1. The molecule has 120 valence electrons. The molecule has 6 nitrogen and oxygen atoms in total. The molecule has 0 spiro atoms. The molecule has 0 bridgehead atoms. The Hall–Kier alpha value is -2.08. The van der Waals surface area contributed by atoms with E-state index >= 15 is 0 Å². The highest BCUT2D eigenvalue weighted by Gasteiger charge is 2.27. The fourth-order valence-corrected chi connectivity index (χ4v) is 2.42. The number of carbonyl (C=O) groups excluding carboxylic acids is 2. The lowest BCUT2D eigenvalue weighted by molar-refractivity contribution is -0.130. The maximum Gasteiger partial charge on any atom is 0.320 e. The molecule has 1 aliphatic rings. The van der Waals surface area contributed by atoms with Gasteiger partial charge < -0.3 is 19.8 Å². The van der Waals surface area contributed by atoms with Gasteiger partial charge in [0.15, 0.2) is 0 Å². The molecule has 1 saturated heterocycles. The van der Waals surface area contributed by atoms with Crippen LogP contribution in [0, 0.1) is 0 Å². The van der Waals surface area contributed by atoms with Crippen molar-refractivity contribution < 1.29 is 14.7 Å². The van der Waals surface area contributed by atoms with E-state index < -0.39 is 6.10 Å². The van der Waals surface area contributed by atoms with E-state index in [9.17, 15) is 14.7 Å². The SMILES string of the molecule is CN(CC[C@@H](O)c1ccccc1)C(=O)CN1CCN(C)C1=O. The number of urea groups is 1. The molecule has 0 aliphatic carbocycles. The Morgan fingerprint density at radius 1 is 1.32 bits per heavy atom. The van der Waals surface area contributed by atoms with Crippen LogP contribution >= 0.6 is 0 Å². The van der Waals surface area contributed by atoms with Gasteiger partial charge in [-0.25, -0.2) is 4.79 Å². The molecule has 0 radical (unpaired) electrons. The van der Waals surface area contributed by atoms with Crippen LogP contribution in [0.4, 0.5) is 4.79 Å². The molecule has 2 rings (SSSR count). The van der Waals surface area contributed by atoms with E-state index in [-0.39, 0.29) is 18.5 Å². The van der Waals surface area contributed by atoms with Crippen LogP contribution in [0.2, 0.25) is 0 Å². The van der Waals surface area contributed by atoms with Crippen LogP contribution in [0.3, 0.4) is 0 Å². The number of benzene rings is 1. The highest BCUT2D eigenvalue weighted by molar-refractivity contribution is 5.84. The molecule has 1 atom stereocenters. The van der Waals surface area contributed by atoms with Gasteiger partial charge in [-0.2, -0.15) is 0 Å². The largest absolute Gasteiger partial charge is 0.388 e. The van der Waals surface area contributed by atoms with Gasteiger partial charge in [0.25, 0.3) is 0 Å². The highest BCUT2D eigenvalue weighted by Crippen LogP contribution is 2.16. The number of carbonyl (C=O) groups is 2. The third-order valence-corrected chi connectivity index (χ3v) is 3.98. The first kappa shape index (κ1) is 16.3. The van der Waals surface area contributed by atoms with E-state index in [1.165, 1.54) is 0 Å². The second-order valence-electron chi connectivity index (χ2n) is 5.66. The zero-order valence-corrected chi connectivity index (χ0v) is 13.1. The first-order chi connectivity index (χ1) is 10.5. The van der Waals surface area contributed by atoms with Gasteiger partial charge >= 0.3 is 6.03 Å². The quantitative estimate of drug-likeness (QED) is 0.850. The maximum atomic E-state index is 12.1.